The number of allylic oxidation sites excluding steroid dienone is 1. The molecule has 22 heavy (non-hydrogen) atoms. The molecule has 0 unspecified atom stereocenters. The number of thiocarbonyl (C=S) groups is 1. The quantitative estimate of drug-likeness (QED) is 0.551. The SMILES string of the molecule is C/C(=C/c1ccc2[nH]c(=O)c3ccccc3c2c1)SC(N)=S. The highest BCUT2D eigenvalue weighted by molar-refractivity contribution is 8.25. The second-order valence-corrected chi connectivity index (χ2v) is 6.97. The second kappa shape index (κ2) is 5.94. The number of aromatic nitrogens is 1. The fourth-order valence-electron chi connectivity index (χ4n) is 2.51. The summed E-state index contributed by atoms with van der Waals surface area (Å²) in [5, 5.41) is 2.68. The van der Waals surface area contributed by atoms with Crippen molar-refractivity contribution in [1.29, 1.82) is 0 Å². The molecule has 2 aromatic carbocycles. The zero-order valence-corrected chi connectivity index (χ0v) is 13.6. The Balaban J connectivity index is 2.21. The molecule has 0 aliphatic heterocycles. The molecule has 0 aliphatic carbocycles. The number of benzene rings is 2. The van der Waals surface area contributed by atoms with Crippen molar-refractivity contribution < 1.29 is 0 Å². The Morgan fingerprint density at radius 1 is 1.18 bits per heavy atom. The molecule has 0 atom stereocenters. The van der Waals surface area contributed by atoms with Crippen LogP contribution in [0.15, 0.2) is 52.2 Å². The minimum absolute atomic E-state index is 0.0633. The van der Waals surface area contributed by atoms with E-state index in [1.165, 1.54) is 11.8 Å². The van der Waals surface area contributed by atoms with E-state index in [0.29, 0.717) is 9.71 Å². The van der Waals surface area contributed by atoms with Crippen molar-refractivity contribution >= 4 is 56.1 Å². The van der Waals surface area contributed by atoms with Crippen LogP contribution < -0.4 is 11.3 Å². The predicted molar refractivity (Wildman–Crippen MR) is 100 cm³/mol. The van der Waals surface area contributed by atoms with Crippen LogP contribution in [0.3, 0.4) is 0 Å². The van der Waals surface area contributed by atoms with Crippen molar-refractivity contribution in [3.63, 3.8) is 0 Å². The molecule has 0 aliphatic rings. The van der Waals surface area contributed by atoms with Gasteiger partial charge in [0.1, 0.15) is 4.32 Å². The predicted octanol–water partition coefficient (Wildman–Crippen LogP) is 4.02. The zero-order chi connectivity index (χ0) is 15.7. The minimum atomic E-state index is -0.0633. The number of H-pyrrole nitrogens is 1. The van der Waals surface area contributed by atoms with Gasteiger partial charge >= 0.3 is 0 Å². The second-order valence-electron chi connectivity index (χ2n) is 4.98. The molecule has 3 rings (SSSR count). The van der Waals surface area contributed by atoms with E-state index >= 15 is 0 Å². The van der Waals surface area contributed by atoms with Crippen molar-refractivity contribution in [3.8, 4) is 0 Å². The first kappa shape index (κ1) is 14.8. The fourth-order valence-corrected chi connectivity index (χ4v) is 3.42. The Kier molecular flexibility index (Phi) is 4.00. The Bertz CT molecular complexity index is 973. The normalized spacial score (nSPS) is 12.0. The molecule has 3 nitrogen and oxygen atoms in total. The molecule has 0 saturated carbocycles. The zero-order valence-electron chi connectivity index (χ0n) is 11.9. The lowest BCUT2D eigenvalue weighted by atomic mass is 10.0. The van der Waals surface area contributed by atoms with Crippen LogP contribution in [0.5, 0.6) is 0 Å². The van der Waals surface area contributed by atoms with E-state index in [9.17, 15) is 4.79 Å². The van der Waals surface area contributed by atoms with Crippen molar-refractivity contribution in [2.75, 3.05) is 0 Å². The van der Waals surface area contributed by atoms with E-state index in [2.05, 4.69) is 11.1 Å². The number of pyridine rings is 1. The Labute approximate surface area is 137 Å². The van der Waals surface area contributed by atoms with Gasteiger partial charge in [0.25, 0.3) is 5.56 Å². The van der Waals surface area contributed by atoms with Gasteiger partial charge in [0.2, 0.25) is 0 Å². The lowest BCUT2D eigenvalue weighted by Gasteiger charge is -2.05. The molecule has 110 valence electrons. The van der Waals surface area contributed by atoms with E-state index in [-0.39, 0.29) is 5.56 Å². The summed E-state index contributed by atoms with van der Waals surface area (Å²) in [5.41, 5.74) is 7.36. The lowest BCUT2D eigenvalue weighted by molar-refractivity contribution is 1.34. The van der Waals surface area contributed by atoms with Crippen molar-refractivity contribution in [3.05, 3.63) is 63.3 Å². The van der Waals surface area contributed by atoms with E-state index in [0.717, 1.165) is 26.8 Å². The van der Waals surface area contributed by atoms with Crippen LogP contribution in [-0.2, 0) is 0 Å². The highest BCUT2D eigenvalue weighted by atomic mass is 32.2. The van der Waals surface area contributed by atoms with Gasteiger partial charge in [0.15, 0.2) is 0 Å². The monoisotopic (exact) mass is 326 g/mol. The lowest BCUT2D eigenvalue weighted by Crippen LogP contribution is -2.06. The molecule has 3 aromatic rings. The number of nitrogens with one attached hydrogen (secondary N) is 1. The molecular formula is C17H14N2OS2. The van der Waals surface area contributed by atoms with Crippen LogP contribution in [0.2, 0.25) is 0 Å². The molecule has 0 amide bonds. The van der Waals surface area contributed by atoms with Gasteiger partial charge in [-0.1, -0.05) is 48.2 Å². The van der Waals surface area contributed by atoms with Gasteiger partial charge in [0.05, 0.1) is 0 Å². The maximum atomic E-state index is 12.1. The number of thioether (sulfide) groups is 1. The maximum Gasteiger partial charge on any atom is 0.256 e. The summed E-state index contributed by atoms with van der Waals surface area (Å²) in [6, 6.07) is 13.6. The van der Waals surface area contributed by atoms with Gasteiger partial charge in [-0.15, -0.1) is 0 Å². The first-order valence-corrected chi connectivity index (χ1v) is 7.97. The van der Waals surface area contributed by atoms with E-state index in [1.54, 1.807) is 0 Å². The van der Waals surface area contributed by atoms with Crippen molar-refractivity contribution in [2.24, 2.45) is 5.73 Å². The Hall–Kier alpha value is -2.11. The summed E-state index contributed by atoms with van der Waals surface area (Å²) < 4.78 is 0.407. The summed E-state index contributed by atoms with van der Waals surface area (Å²) in [5.74, 6) is 0. The molecule has 1 heterocycles. The number of nitrogens with two attached hydrogens (primary N) is 1. The topological polar surface area (TPSA) is 58.9 Å². The first-order chi connectivity index (χ1) is 10.5. The van der Waals surface area contributed by atoms with Gasteiger partial charge in [0, 0.05) is 16.3 Å². The van der Waals surface area contributed by atoms with Gasteiger partial charge < -0.3 is 10.7 Å². The summed E-state index contributed by atoms with van der Waals surface area (Å²) in [4.78, 5) is 16.0. The smallest absolute Gasteiger partial charge is 0.256 e. The van der Waals surface area contributed by atoms with Gasteiger partial charge in [-0.25, -0.2) is 0 Å². The number of fused-ring (bicyclic) bond motifs is 3. The molecule has 1 aromatic heterocycles. The van der Waals surface area contributed by atoms with Crippen LogP contribution in [-0.4, -0.2) is 9.30 Å². The number of hydrogen-bond acceptors (Lipinski definition) is 3. The van der Waals surface area contributed by atoms with Gasteiger partial charge in [-0.3, -0.25) is 4.79 Å². The highest BCUT2D eigenvalue weighted by Gasteiger charge is 2.05. The first-order valence-electron chi connectivity index (χ1n) is 6.75. The van der Waals surface area contributed by atoms with E-state index in [1.807, 2.05) is 49.4 Å². The Morgan fingerprint density at radius 3 is 2.64 bits per heavy atom. The third kappa shape index (κ3) is 2.91. The third-order valence-corrected chi connectivity index (χ3v) is 4.28. The minimum Gasteiger partial charge on any atom is -0.384 e. The molecule has 0 radical (unpaired) electrons. The average Bonchev–Trinajstić information content (AvgIpc) is 2.47. The fraction of sp³-hybridized carbons (Fsp3) is 0.0588. The van der Waals surface area contributed by atoms with Crippen LogP contribution in [0.4, 0.5) is 0 Å². The number of hydrogen-bond donors (Lipinski definition) is 2. The molecule has 5 heteroatoms. The van der Waals surface area contributed by atoms with E-state index < -0.39 is 0 Å². The van der Waals surface area contributed by atoms with Crippen LogP contribution in [0.1, 0.15) is 12.5 Å². The molecule has 3 N–H and O–H groups in total. The number of rotatable bonds is 2. The summed E-state index contributed by atoms with van der Waals surface area (Å²) >= 11 is 6.28. The highest BCUT2D eigenvalue weighted by Crippen LogP contribution is 2.25. The standard InChI is InChI=1S/C17H14N2OS2/c1-10(22-17(18)21)8-11-6-7-15-14(9-11)12-4-2-3-5-13(12)16(20)19-15/h2-9H,1H3,(H2,18,21)(H,19,20)/b10-8-. The number of aromatic amines is 1. The Morgan fingerprint density at radius 2 is 1.91 bits per heavy atom. The van der Waals surface area contributed by atoms with Gasteiger partial charge in [-0.2, -0.15) is 0 Å². The maximum absolute atomic E-state index is 12.1. The summed E-state index contributed by atoms with van der Waals surface area (Å²) in [6.07, 6.45) is 2.03. The average molecular weight is 326 g/mol. The van der Waals surface area contributed by atoms with Gasteiger partial charge in [-0.05, 0) is 47.1 Å². The van der Waals surface area contributed by atoms with Crippen LogP contribution in [0.25, 0.3) is 27.8 Å². The third-order valence-electron chi connectivity index (χ3n) is 3.39. The van der Waals surface area contributed by atoms with Crippen LogP contribution in [0, 0.1) is 0 Å². The van der Waals surface area contributed by atoms with Crippen LogP contribution >= 0.6 is 24.0 Å². The van der Waals surface area contributed by atoms with E-state index in [4.69, 9.17) is 18.0 Å². The van der Waals surface area contributed by atoms with Crippen molar-refractivity contribution in [2.45, 2.75) is 6.92 Å². The molecule has 0 spiro atoms. The summed E-state index contributed by atoms with van der Waals surface area (Å²) in [7, 11) is 0. The summed E-state index contributed by atoms with van der Waals surface area (Å²) in [6.45, 7) is 1.97. The molecular weight excluding hydrogens is 312 g/mol. The molecule has 0 saturated heterocycles. The van der Waals surface area contributed by atoms with Crippen molar-refractivity contribution in [1.82, 2.24) is 4.98 Å². The molecule has 0 fully saturated rings. The largest absolute Gasteiger partial charge is 0.384 e. The molecule has 0 bridgehead atoms.